The van der Waals surface area contributed by atoms with E-state index in [2.05, 4.69) is 21.2 Å². The van der Waals surface area contributed by atoms with Crippen molar-refractivity contribution in [1.82, 2.24) is 5.32 Å². The fraction of sp³-hybridized carbons (Fsp3) is 0.455. The van der Waals surface area contributed by atoms with Gasteiger partial charge >= 0.3 is 0 Å². The lowest BCUT2D eigenvalue weighted by Crippen LogP contribution is -2.13. The van der Waals surface area contributed by atoms with Gasteiger partial charge in [-0.1, -0.05) is 15.9 Å². The summed E-state index contributed by atoms with van der Waals surface area (Å²) >= 11 is 3.49. The van der Waals surface area contributed by atoms with Crippen molar-refractivity contribution in [3.05, 3.63) is 27.2 Å². The van der Waals surface area contributed by atoms with Crippen LogP contribution in [0.2, 0.25) is 0 Å². The smallest absolute Gasteiger partial charge is 0.123 e. The lowest BCUT2D eigenvalue weighted by Gasteiger charge is -2.16. The lowest BCUT2D eigenvalue weighted by molar-refractivity contribution is 0.453. The summed E-state index contributed by atoms with van der Waals surface area (Å²) in [4.78, 5) is 0. The molecule has 0 bridgehead atoms. The number of halogens is 1. The van der Waals surface area contributed by atoms with Gasteiger partial charge in [-0.05, 0) is 45.0 Å². The first-order chi connectivity index (χ1) is 6.49. The van der Waals surface area contributed by atoms with Crippen LogP contribution in [0.5, 0.6) is 5.75 Å². The van der Waals surface area contributed by atoms with Gasteiger partial charge in [0.2, 0.25) is 0 Å². The number of rotatable bonds is 2. The fourth-order valence-electron chi connectivity index (χ4n) is 1.37. The summed E-state index contributed by atoms with van der Waals surface area (Å²) in [5.74, 6) is 0.396. The zero-order valence-corrected chi connectivity index (χ0v) is 10.6. The van der Waals surface area contributed by atoms with Crippen molar-refractivity contribution in [2.24, 2.45) is 0 Å². The third-order valence-electron chi connectivity index (χ3n) is 2.73. The Morgan fingerprint density at radius 1 is 1.36 bits per heavy atom. The second-order valence-electron chi connectivity index (χ2n) is 3.56. The average Bonchev–Trinajstić information content (AvgIpc) is 2.19. The van der Waals surface area contributed by atoms with E-state index in [1.165, 1.54) is 0 Å². The van der Waals surface area contributed by atoms with Crippen LogP contribution in [0.15, 0.2) is 10.5 Å². The van der Waals surface area contributed by atoms with Crippen LogP contribution in [0.25, 0.3) is 0 Å². The van der Waals surface area contributed by atoms with Gasteiger partial charge in [-0.2, -0.15) is 0 Å². The molecule has 0 amide bonds. The first kappa shape index (κ1) is 11.5. The van der Waals surface area contributed by atoms with Crippen LogP contribution in [0.4, 0.5) is 0 Å². The van der Waals surface area contributed by atoms with E-state index < -0.39 is 0 Å². The molecule has 2 nitrogen and oxygen atoms in total. The van der Waals surface area contributed by atoms with Crippen LogP contribution in [0.3, 0.4) is 0 Å². The highest BCUT2D eigenvalue weighted by Gasteiger charge is 2.14. The number of nitrogens with one attached hydrogen (secondary N) is 1. The molecule has 1 aromatic carbocycles. The number of phenols is 1. The van der Waals surface area contributed by atoms with E-state index in [4.69, 9.17) is 0 Å². The molecule has 0 heterocycles. The Morgan fingerprint density at radius 3 is 2.43 bits per heavy atom. The van der Waals surface area contributed by atoms with Gasteiger partial charge in [-0.25, -0.2) is 0 Å². The normalized spacial score (nSPS) is 12.9. The molecule has 3 heteroatoms. The lowest BCUT2D eigenvalue weighted by atomic mass is 10.0. The third-order valence-corrected chi connectivity index (χ3v) is 3.55. The molecule has 0 aliphatic carbocycles. The molecule has 0 fully saturated rings. The van der Waals surface area contributed by atoms with Gasteiger partial charge in [0.1, 0.15) is 5.75 Å². The molecular weight excluding hydrogens is 242 g/mol. The molecular formula is C11H16BrNO. The highest BCUT2D eigenvalue weighted by atomic mass is 79.9. The Bertz CT molecular complexity index is 350. The van der Waals surface area contributed by atoms with Gasteiger partial charge in [-0.15, -0.1) is 0 Å². The maximum absolute atomic E-state index is 9.94. The molecule has 0 saturated heterocycles. The number of benzene rings is 1. The van der Waals surface area contributed by atoms with Crippen molar-refractivity contribution in [2.45, 2.75) is 26.8 Å². The van der Waals surface area contributed by atoms with Crippen molar-refractivity contribution in [2.75, 3.05) is 7.05 Å². The summed E-state index contributed by atoms with van der Waals surface area (Å²) in [5.41, 5.74) is 2.97. The van der Waals surface area contributed by atoms with Crippen LogP contribution >= 0.6 is 15.9 Å². The van der Waals surface area contributed by atoms with Crippen molar-refractivity contribution in [1.29, 1.82) is 0 Å². The van der Waals surface area contributed by atoms with E-state index in [0.29, 0.717) is 5.75 Å². The predicted octanol–water partition coefficient (Wildman–Crippen LogP) is 3.05. The Hall–Kier alpha value is -0.540. The minimum Gasteiger partial charge on any atom is -0.507 e. The van der Waals surface area contributed by atoms with Crippen molar-refractivity contribution >= 4 is 15.9 Å². The molecule has 0 aromatic heterocycles. The molecule has 0 radical (unpaired) electrons. The summed E-state index contributed by atoms with van der Waals surface area (Å²) in [6.45, 7) is 5.95. The maximum atomic E-state index is 9.94. The largest absolute Gasteiger partial charge is 0.507 e. The molecule has 14 heavy (non-hydrogen) atoms. The topological polar surface area (TPSA) is 32.3 Å². The number of hydrogen-bond donors (Lipinski definition) is 2. The number of phenolic OH excluding ortho intramolecular Hbond substituents is 1. The summed E-state index contributed by atoms with van der Waals surface area (Å²) < 4.78 is 1.05. The molecule has 2 N–H and O–H groups in total. The highest BCUT2D eigenvalue weighted by Crippen LogP contribution is 2.34. The van der Waals surface area contributed by atoms with Crippen LogP contribution in [-0.4, -0.2) is 12.2 Å². The molecule has 0 unspecified atom stereocenters. The molecule has 0 spiro atoms. The van der Waals surface area contributed by atoms with Gasteiger partial charge < -0.3 is 10.4 Å². The molecule has 78 valence electrons. The van der Waals surface area contributed by atoms with Crippen LogP contribution < -0.4 is 5.32 Å². The molecule has 1 rings (SSSR count). The predicted molar refractivity (Wildman–Crippen MR) is 62.8 cm³/mol. The van der Waals surface area contributed by atoms with E-state index in [1.807, 2.05) is 33.9 Å². The van der Waals surface area contributed by atoms with Gasteiger partial charge in [0.25, 0.3) is 0 Å². The number of aromatic hydroxyl groups is 1. The maximum Gasteiger partial charge on any atom is 0.123 e. The summed E-state index contributed by atoms with van der Waals surface area (Å²) in [7, 11) is 1.88. The van der Waals surface area contributed by atoms with E-state index in [1.54, 1.807) is 0 Å². The zero-order valence-electron chi connectivity index (χ0n) is 8.98. The van der Waals surface area contributed by atoms with Crippen LogP contribution in [-0.2, 0) is 0 Å². The van der Waals surface area contributed by atoms with E-state index in [-0.39, 0.29) is 6.04 Å². The molecule has 1 aromatic rings. The SMILES string of the molecule is CN[C@@H](C)c1cc(Br)c(C)c(C)c1O. The van der Waals surface area contributed by atoms with E-state index in [9.17, 15) is 5.11 Å². The minimum absolute atomic E-state index is 0.158. The standard InChI is InChI=1S/C11H16BrNO/c1-6-7(2)11(14)9(5-10(6)12)8(3)13-4/h5,8,13-14H,1-4H3/t8-/m0/s1. The summed E-state index contributed by atoms with van der Waals surface area (Å²) in [6.07, 6.45) is 0. The number of hydrogen-bond acceptors (Lipinski definition) is 2. The first-order valence-electron chi connectivity index (χ1n) is 4.64. The zero-order chi connectivity index (χ0) is 10.9. The van der Waals surface area contributed by atoms with Crippen molar-refractivity contribution in [3.63, 3.8) is 0 Å². The second kappa shape index (κ2) is 4.32. The monoisotopic (exact) mass is 257 g/mol. The first-order valence-corrected chi connectivity index (χ1v) is 5.44. The third kappa shape index (κ3) is 1.93. The van der Waals surface area contributed by atoms with Gasteiger partial charge in [0.15, 0.2) is 0 Å². The summed E-state index contributed by atoms with van der Waals surface area (Å²) in [5, 5.41) is 13.1. The van der Waals surface area contributed by atoms with Crippen molar-refractivity contribution in [3.8, 4) is 5.75 Å². The summed E-state index contributed by atoms with van der Waals surface area (Å²) in [6, 6.07) is 2.13. The highest BCUT2D eigenvalue weighted by molar-refractivity contribution is 9.10. The molecule has 0 aliphatic heterocycles. The quantitative estimate of drug-likeness (QED) is 0.854. The Kier molecular flexibility index (Phi) is 3.56. The van der Waals surface area contributed by atoms with Crippen LogP contribution in [0.1, 0.15) is 29.7 Å². The molecule has 0 saturated carbocycles. The average molecular weight is 258 g/mol. The second-order valence-corrected chi connectivity index (χ2v) is 4.41. The Balaban J connectivity index is 3.33. The molecule has 0 aliphatic rings. The van der Waals surface area contributed by atoms with Gasteiger partial charge in [0.05, 0.1) is 0 Å². The van der Waals surface area contributed by atoms with E-state index in [0.717, 1.165) is 21.2 Å². The Labute approximate surface area is 93.5 Å². The fourth-order valence-corrected chi connectivity index (χ4v) is 1.92. The van der Waals surface area contributed by atoms with Crippen molar-refractivity contribution < 1.29 is 5.11 Å². The van der Waals surface area contributed by atoms with Crippen LogP contribution in [0, 0.1) is 13.8 Å². The molecule has 1 atom stereocenters. The Morgan fingerprint density at radius 2 is 1.93 bits per heavy atom. The minimum atomic E-state index is 0.158. The van der Waals surface area contributed by atoms with E-state index >= 15 is 0 Å². The van der Waals surface area contributed by atoms with Gasteiger partial charge in [0, 0.05) is 16.1 Å². The van der Waals surface area contributed by atoms with Gasteiger partial charge in [-0.3, -0.25) is 0 Å².